The highest BCUT2D eigenvalue weighted by atomic mass is 32.2. The van der Waals surface area contributed by atoms with Gasteiger partial charge in [0, 0.05) is 33.4 Å². The standard InChI is InChI=1S/C17H24O9S/c1-6-7-27-17-16(25-12(5)21)15(24-11(4)20)14(23-10(3)19)13(26-17)8-22-9(2)18/h6,13-17H,1,7-8H2,2-5H3/t13-,14-,15+,16-,17+/m1/s1. The van der Waals surface area contributed by atoms with Crippen molar-refractivity contribution in [3.63, 3.8) is 0 Å². The second-order valence-electron chi connectivity index (χ2n) is 5.69. The zero-order valence-corrected chi connectivity index (χ0v) is 16.5. The molecule has 0 aromatic rings. The summed E-state index contributed by atoms with van der Waals surface area (Å²) >= 11 is 1.25. The maximum Gasteiger partial charge on any atom is 0.303 e. The van der Waals surface area contributed by atoms with E-state index in [1.54, 1.807) is 6.08 Å². The van der Waals surface area contributed by atoms with Gasteiger partial charge in [-0.25, -0.2) is 0 Å². The Hall–Kier alpha value is -2.07. The molecule has 0 saturated carbocycles. The van der Waals surface area contributed by atoms with Crippen molar-refractivity contribution in [1.29, 1.82) is 0 Å². The molecule has 1 fully saturated rings. The van der Waals surface area contributed by atoms with E-state index in [2.05, 4.69) is 6.58 Å². The molecule has 152 valence electrons. The van der Waals surface area contributed by atoms with Gasteiger partial charge >= 0.3 is 23.9 Å². The minimum absolute atomic E-state index is 0.233. The second-order valence-corrected chi connectivity index (χ2v) is 6.82. The first-order valence-electron chi connectivity index (χ1n) is 8.18. The van der Waals surface area contributed by atoms with E-state index in [0.717, 1.165) is 0 Å². The van der Waals surface area contributed by atoms with Crippen LogP contribution in [0.1, 0.15) is 27.7 Å². The lowest BCUT2D eigenvalue weighted by Crippen LogP contribution is -2.61. The van der Waals surface area contributed by atoms with Crippen LogP contribution in [0.25, 0.3) is 0 Å². The van der Waals surface area contributed by atoms with Gasteiger partial charge in [0.15, 0.2) is 18.3 Å². The topological polar surface area (TPSA) is 114 Å². The summed E-state index contributed by atoms with van der Waals surface area (Å²) in [6, 6.07) is 0. The minimum Gasteiger partial charge on any atom is -0.463 e. The van der Waals surface area contributed by atoms with Gasteiger partial charge in [0.25, 0.3) is 0 Å². The summed E-state index contributed by atoms with van der Waals surface area (Å²) in [4.78, 5) is 45.9. The zero-order valence-electron chi connectivity index (χ0n) is 15.7. The van der Waals surface area contributed by atoms with E-state index in [0.29, 0.717) is 5.75 Å². The summed E-state index contributed by atoms with van der Waals surface area (Å²) in [6.45, 7) is 8.16. The molecule has 1 aliphatic heterocycles. The van der Waals surface area contributed by atoms with Gasteiger partial charge in [-0.05, 0) is 0 Å². The Bertz CT molecular complexity index is 577. The van der Waals surface area contributed by atoms with Crippen molar-refractivity contribution < 1.29 is 42.9 Å². The molecule has 0 spiro atoms. The monoisotopic (exact) mass is 404 g/mol. The lowest BCUT2D eigenvalue weighted by molar-refractivity contribution is -0.237. The molecule has 5 atom stereocenters. The summed E-state index contributed by atoms with van der Waals surface area (Å²) < 4.78 is 26.7. The smallest absolute Gasteiger partial charge is 0.303 e. The SMILES string of the molecule is C=CCS[C@@H]1O[C@H](COC(C)=O)[C@@H](OC(C)=O)[C@H](OC(C)=O)[C@H]1OC(C)=O. The predicted molar refractivity (Wildman–Crippen MR) is 94.6 cm³/mol. The Morgan fingerprint density at radius 3 is 1.89 bits per heavy atom. The highest BCUT2D eigenvalue weighted by Crippen LogP contribution is 2.34. The first-order valence-corrected chi connectivity index (χ1v) is 9.23. The number of carbonyl (C=O) groups is 4. The van der Waals surface area contributed by atoms with E-state index in [4.69, 9.17) is 23.7 Å². The zero-order chi connectivity index (χ0) is 20.6. The Labute approximate surface area is 161 Å². The third-order valence-electron chi connectivity index (χ3n) is 3.33. The summed E-state index contributed by atoms with van der Waals surface area (Å²) in [5.41, 5.74) is -0.761. The van der Waals surface area contributed by atoms with Crippen LogP contribution in [0.3, 0.4) is 0 Å². The van der Waals surface area contributed by atoms with Gasteiger partial charge in [0.05, 0.1) is 0 Å². The normalized spacial score (nSPS) is 27.2. The van der Waals surface area contributed by atoms with E-state index >= 15 is 0 Å². The molecule has 0 aromatic carbocycles. The number of carbonyl (C=O) groups excluding carboxylic acids is 4. The van der Waals surface area contributed by atoms with Crippen LogP contribution < -0.4 is 0 Å². The number of thioether (sulfide) groups is 1. The van der Waals surface area contributed by atoms with Gasteiger partial charge in [0.2, 0.25) is 0 Å². The molecule has 1 saturated heterocycles. The Morgan fingerprint density at radius 1 is 0.889 bits per heavy atom. The van der Waals surface area contributed by atoms with E-state index in [1.807, 2.05) is 0 Å². The van der Waals surface area contributed by atoms with Gasteiger partial charge in [0.1, 0.15) is 18.1 Å². The summed E-state index contributed by atoms with van der Waals surface area (Å²) in [7, 11) is 0. The number of hydrogen-bond donors (Lipinski definition) is 0. The molecule has 0 aromatic heterocycles. The Morgan fingerprint density at radius 2 is 1.41 bits per heavy atom. The molecule has 0 amide bonds. The first-order chi connectivity index (χ1) is 12.6. The molecule has 0 unspecified atom stereocenters. The van der Waals surface area contributed by atoms with Crippen molar-refractivity contribution in [2.24, 2.45) is 0 Å². The van der Waals surface area contributed by atoms with Crippen LogP contribution in [0.2, 0.25) is 0 Å². The molecule has 10 heteroatoms. The van der Waals surface area contributed by atoms with Crippen LogP contribution in [0.4, 0.5) is 0 Å². The highest BCUT2D eigenvalue weighted by Gasteiger charge is 2.52. The molecule has 1 aliphatic rings. The molecule has 1 rings (SSSR count). The average Bonchev–Trinajstić information content (AvgIpc) is 2.54. The summed E-state index contributed by atoms with van der Waals surface area (Å²) in [6.07, 6.45) is -2.59. The van der Waals surface area contributed by atoms with Gasteiger partial charge < -0.3 is 23.7 Å². The molecule has 0 bridgehead atoms. The quantitative estimate of drug-likeness (QED) is 0.329. The maximum absolute atomic E-state index is 11.6. The first kappa shape index (κ1) is 23.0. The van der Waals surface area contributed by atoms with E-state index < -0.39 is 53.7 Å². The predicted octanol–water partition coefficient (Wildman–Crippen LogP) is 0.989. The number of esters is 4. The maximum atomic E-state index is 11.6. The van der Waals surface area contributed by atoms with Crippen molar-refractivity contribution in [2.45, 2.75) is 57.5 Å². The fourth-order valence-corrected chi connectivity index (χ4v) is 3.43. The average molecular weight is 404 g/mol. The Balaban J connectivity index is 3.24. The molecule has 9 nitrogen and oxygen atoms in total. The summed E-state index contributed by atoms with van der Waals surface area (Å²) in [5, 5.41) is 0. The lowest BCUT2D eigenvalue weighted by Gasteiger charge is -2.44. The number of hydrogen-bond acceptors (Lipinski definition) is 10. The van der Waals surface area contributed by atoms with Crippen molar-refractivity contribution in [1.82, 2.24) is 0 Å². The number of rotatable bonds is 8. The van der Waals surface area contributed by atoms with Gasteiger partial charge in [-0.3, -0.25) is 19.2 Å². The van der Waals surface area contributed by atoms with Crippen LogP contribution in [0.15, 0.2) is 12.7 Å². The molecule has 0 radical (unpaired) electrons. The fourth-order valence-electron chi connectivity index (χ4n) is 2.49. The molecule has 1 heterocycles. The van der Waals surface area contributed by atoms with Crippen LogP contribution in [-0.4, -0.2) is 66.1 Å². The summed E-state index contributed by atoms with van der Waals surface area (Å²) in [5.74, 6) is -2.04. The van der Waals surface area contributed by atoms with Gasteiger partial charge in [-0.15, -0.1) is 18.3 Å². The van der Waals surface area contributed by atoms with E-state index in [-0.39, 0.29) is 6.61 Å². The van der Waals surface area contributed by atoms with Gasteiger partial charge in [-0.2, -0.15) is 0 Å². The third-order valence-corrected chi connectivity index (χ3v) is 4.46. The van der Waals surface area contributed by atoms with Crippen LogP contribution in [0.5, 0.6) is 0 Å². The van der Waals surface area contributed by atoms with E-state index in [1.165, 1.54) is 39.5 Å². The Kier molecular flexibility index (Phi) is 9.30. The van der Waals surface area contributed by atoms with E-state index in [9.17, 15) is 19.2 Å². The molecule has 27 heavy (non-hydrogen) atoms. The lowest BCUT2D eigenvalue weighted by atomic mass is 9.99. The molecule has 0 N–H and O–H groups in total. The van der Waals surface area contributed by atoms with Gasteiger partial charge in [-0.1, -0.05) is 6.08 Å². The van der Waals surface area contributed by atoms with Crippen LogP contribution in [0, 0.1) is 0 Å². The van der Waals surface area contributed by atoms with Crippen LogP contribution >= 0.6 is 11.8 Å². The fraction of sp³-hybridized carbons (Fsp3) is 0.647. The van der Waals surface area contributed by atoms with Crippen molar-refractivity contribution in [2.75, 3.05) is 12.4 Å². The minimum atomic E-state index is -1.13. The number of ether oxygens (including phenoxy) is 5. The third kappa shape index (κ3) is 7.59. The molecular weight excluding hydrogens is 380 g/mol. The largest absolute Gasteiger partial charge is 0.463 e. The second kappa shape index (κ2) is 10.9. The highest BCUT2D eigenvalue weighted by molar-refractivity contribution is 7.99. The van der Waals surface area contributed by atoms with Crippen molar-refractivity contribution in [3.05, 3.63) is 12.7 Å². The van der Waals surface area contributed by atoms with Crippen molar-refractivity contribution >= 4 is 35.6 Å². The molecule has 0 aliphatic carbocycles. The molecular formula is C17H24O9S. The van der Waals surface area contributed by atoms with Crippen LogP contribution in [-0.2, 0) is 42.9 Å². The van der Waals surface area contributed by atoms with Crippen molar-refractivity contribution in [3.8, 4) is 0 Å².